The fourth-order valence-electron chi connectivity index (χ4n) is 1.95. The maximum absolute atomic E-state index is 12.3. The Kier molecular flexibility index (Phi) is 5.92. The number of thioether (sulfide) groups is 1. The molecule has 7 heteroatoms. The van der Waals surface area contributed by atoms with Crippen LogP contribution in [0.2, 0.25) is 0 Å². The number of hydrogen-bond donors (Lipinski definition) is 2. The lowest BCUT2D eigenvalue weighted by Gasteiger charge is -2.12. The Balaban J connectivity index is 2.10. The third-order valence-corrected chi connectivity index (χ3v) is 5.40. The van der Waals surface area contributed by atoms with Crippen molar-refractivity contribution in [1.82, 2.24) is 10.0 Å². The molecule has 1 aromatic rings. The van der Waals surface area contributed by atoms with Gasteiger partial charge in [-0.15, -0.1) is 0 Å². The summed E-state index contributed by atoms with van der Waals surface area (Å²) in [6.45, 7) is 1.15. The molecule has 0 spiro atoms. The molecule has 0 saturated heterocycles. The van der Waals surface area contributed by atoms with Gasteiger partial charge in [-0.2, -0.15) is 11.8 Å². The molecule has 1 fully saturated rings. The van der Waals surface area contributed by atoms with Gasteiger partial charge in [-0.25, -0.2) is 13.1 Å². The summed E-state index contributed by atoms with van der Waals surface area (Å²) in [6.07, 6.45) is 4.39. The van der Waals surface area contributed by atoms with Crippen LogP contribution in [0.25, 0.3) is 0 Å². The van der Waals surface area contributed by atoms with E-state index >= 15 is 0 Å². The second-order valence-corrected chi connectivity index (χ2v) is 7.75. The highest BCUT2D eigenvalue weighted by molar-refractivity contribution is 7.98. The van der Waals surface area contributed by atoms with E-state index in [0.29, 0.717) is 18.3 Å². The predicted molar refractivity (Wildman–Crippen MR) is 86.4 cm³/mol. The number of sulfonamides is 1. The highest BCUT2D eigenvalue weighted by atomic mass is 32.2. The first-order valence-corrected chi connectivity index (χ1v) is 9.83. The Hall–Kier alpha value is -0.760. The SMILES string of the molecule is COc1cc(CNC2CC2)ccc1S(=O)(=O)NCCSC. The average molecular weight is 330 g/mol. The molecule has 0 unspecified atom stereocenters. The molecule has 1 saturated carbocycles. The fourth-order valence-corrected chi connectivity index (χ4v) is 3.57. The zero-order valence-electron chi connectivity index (χ0n) is 12.4. The molecular formula is C14H22N2O3S2. The van der Waals surface area contributed by atoms with E-state index in [1.807, 2.05) is 12.3 Å². The van der Waals surface area contributed by atoms with Crippen LogP contribution in [0.1, 0.15) is 18.4 Å². The molecule has 1 aromatic carbocycles. The Labute approximate surface area is 130 Å². The summed E-state index contributed by atoms with van der Waals surface area (Å²) in [7, 11) is -2.03. The van der Waals surface area contributed by atoms with E-state index in [4.69, 9.17) is 4.74 Å². The minimum Gasteiger partial charge on any atom is -0.495 e. The summed E-state index contributed by atoms with van der Waals surface area (Å²) in [5.74, 6) is 1.13. The molecule has 0 radical (unpaired) electrons. The number of rotatable bonds is 9. The molecule has 0 aliphatic heterocycles. The predicted octanol–water partition coefficient (Wildman–Crippen LogP) is 1.59. The summed E-state index contributed by atoms with van der Waals surface area (Å²) in [4.78, 5) is 0.196. The van der Waals surface area contributed by atoms with E-state index in [1.165, 1.54) is 20.0 Å². The summed E-state index contributed by atoms with van der Waals surface area (Å²) in [5, 5.41) is 3.40. The molecule has 2 N–H and O–H groups in total. The van der Waals surface area contributed by atoms with Gasteiger partial charge in [-0.1, -0.05) is 6.07 Å². The molecule has 0 amide bonds. The molecule has 0 heterocycles. The van der Waals surface area contributed by atoms with Crippen molar-refractivity contribution in [2.45, 2.75) is 30.3 Å². The first-order chi connectivity index (χ1) is 10.1. The topological polar surface area (TPSA) is 67.4 Å². The molecule has 0 aromatic heterocycles. The maximum atomic E-state index is 12.3. The Morgan fingerprint density at radius 1 is 1.38 bits per heavy atom. The van der Waals surface area contributed by atoms with Gasteiger partial charge in [-0.3, -0.25) is 0 Å². The lowest BCUT2D eigenvalue weighted by atomic mass is 10.2. The van der Waals surface area contributed by atoms with Gasteiger partial charge < -0.3 is 10.1 Å². The Morgan fingerprint density at radius 3 is 2.76 bits per heavy atom. The summed E-state index contributed by atoms with van der Waals surface area (Å²) >= 11 is 1.60. The van der Waals surface area contributed by atoms with Crippen LogP contribution in [-0.2, 0) is 16.6 Å². The molecule has 0 bridgehead atoms. The van der Waals surface area contributed by atoms with Gasteiger partial charge >= 0.3 is 0 Å². The molecular weight excluding hydrogens is 308 g/mol. The van der Waals surface area contributed by atoms with Crippen molar-refractivity contribution in [3.63, 3.8) is 0 Å². The number of ether oxygens (including phenoxy) is 1. The van der Waals surface area contributed by atoms with Crippen molar-refractivity contribution in [3.05, 3.63) is 23.8 Å². The van der Waals surface area contributed by atoms with Crippen LogP contribution in [-0.4, -0.2) is 40.1 Å². The number of methoxy groups -OCH3 is 1. The molecule has 1 aliphatic carbocycles. The van der Waals surface area contributed by atoms with Crippen LogP contribution in [0.15, 0.2) is 23.1 Å². The normalized spacial score (nSPS) is 15.1. The van der Waals surface area contributed by atoms with E-state index in [-0.39, 0.29) is 4.90 Å². The van der Waals surface area contributed by atoms with E-state index in [9.17, 15) is 8.42 Å². The van der Waals surface area contributed by atoms with Crippen LogP contribution in [0, 0.1) is 0 Å². The van der Waals surface area contributed by atoms with E-state index in [0.717, 1.165) is 17.9 Å². The average Bonchev–Trinajstić information content (AvgIpc) is 3.29. The van der Waals surface area contributed by atoms with Crippen LogP contribution in [0.4, 0.5) is 0 Å². The number of hydrogen-bond acceptors (Lipinski definition) is 5. The van der Waals surface area contributed by atoms with Gasteiger partial charge in [0.1, 0.15) is 10.6 Å². The minimum absolute atomic E-state index is 0.196. The van der Waals surface area contributed by atoms with Crippen molar-refractivity contribution in [1.29, 1.82) is 0 Å². The molecule has 118 valence electrons. The van der Waals surface area contributed by atoms with Crippen LogP contribution in [0.3, 0.4) is 0 Å². The highest BCUT2D eigenvalue weighted by Gasteiger charge is 2.22. The standard InChI is InChI=1S/C14H22N2O3S2/c1-19-13-9-11(10-15-12-4-5-12)3-6-14(13)21(17,18)16-7-8-20-2/h3,6,9,12,15-16H,4-5,7-8,10H2,1-2H3. The van der Waals surface area contributed by atoms with Crippen molar-refractivity contribution >= 4 is 21.8 Å². The van der Waals surface area contributed by atoms with Gasteiger partial charge in [-0.05, 0) is 36.8 Å². The first kappa shape index (κ1) is 16.6. The van der Waals surface area contributed by atoms with E-state index in [1.54, 1.807) is 23.9 Å². The molecule has 2 rings (SSSR count). The number of benzene rings is 1. The van der Waals surface area contributed by atoms with E-state index in [2.05, 4.69) is 10.0 Å². The maximum Gasteiger partial charge on any atom is 0.244 e. The molecule has 0 atom stereocenters. The molecule has 1 aliphatic rings. The van der Waals surface area contributed by atoms with Gasteiger partial charge in [0.25, 0.3) is 0 Å². The zero-order valence-corrected chi connectivity index (χ0v) is 14.0. The van der Waals surface area contributed by atoms with Gasteiger partial charge in [0.15, 0.2) is 0 Å². The second-order valence-electron chi connectivity index (χ2n) is 5.03. The van der Waals surface area contributed by atoms with E-state index < -0.39 is 10.0 Å². The molecule has 21 heavy (non-hydrogen) atoms. The first-order valence-electron chi connectivity index (χ1n) is 6.95. The van der Waals surface area contributed by atoms with Crippen molar-refractivity contribution in [2.24, 2.45) is 0 Å². The Morgan fingerprint density at radius 2 is 2.14 bits per heavy atom. The summed E-state index contributed by atoms with van der Waals surface area (Å²) < 4.78 is 32.4. The number of nitrogens with one attached hydrogen (secondary N) is 2. The monoisotopic (exact) mass is 330 g/mol. The lowest BCUT2D eigenvalue weighted by molar-refractivity contribution is 0.401. The molecule has 5 nitrogen and oxygen atoms in total. The summed E-state index contributed by atoms with van der Waals surface area (Å²) in [6, 6.07) is 5.86. The van der Waals surface area contributed by atoms with Gasteiger partial charge in [0, 0.05) is 24.9 Å². The third-order valence-electron chi connectivity index (χ3n) is 3.29. The highest BCUT2D eigenvalue weighted by Crippen LogP contribution is 2.26. The van der Waals surface area contributed by atoms with Crippen LogP contribution < -0.4 is 14.8 Å². The second kappa shape index (κ2) is 7.49. The van der Waals surface area contributed by atoms with Crippen LogP contribution in [0.5, 0.6) is 5.75 Å². The minimum atomic E-state index is -3.52. The van der Waals surface area contributed by atoms with Gasteiger partial charge in [0.05, 0.1) is 7.11 Å². The van der Waals surface area contributed by atoms with Crippen LogP contribution >= 0.6 is 11.8 Å². The quantitative estimate of drug-likeness (QED) is 0.673. The smallest absolute Gasteiger partial charge is 0.244 e. The fraction of sp³-hybridized carbons (Fsp3) is 0.571. The zero-order chi connectivity index (χ0) is 15.3. The Bertz CT molecular complexity index is 572. The van der Waals surface area contributed by atoms with Gasteiger partial charge in [0.2, 0.25) is 10.0 Å². The largest absolute Gasteiger partial charge is 0.495 e. The van der Waals surface area contributed by atoms with Crippen molar-refractivity contribution in [2.75, 3.05) is 25.7 Å². The van der Waals surface area contributed by atoms with Crippen molar-refractivity contribution in [3.8, 4) is 5.75 Å². The third kappa shape index (κ3) is 4.88. The lowest BCUT2D eigenvalue weighted by Crippen LogP contribution is -2.26. The van der Waals surface area contributed by atoms with Crippen molar-refractivity contribution < 1.29 is 13.2 Å². The summed E-state index contributed by atoms with van der Waals surface area (Å²) in [5.41, 5.74) is 1.03.